The average Bonchev–Trinajstić information content (AvgIpc) is 1.62. The molecule has 0 fully saturated rings. The van der Waals surface area contributed by atoms with Crippen LogP contribution in [0.25, 0.3) is 0 Å². The summed E-state index contributed by atoms with van der Waals surface area (Å²) < 4.78 is 0. The van der Waals surface area contributed by atoms with E-state index in [1.54, 1.807) is 19.0 Å². The highest BCUT2D eigenvalue weighted by Crippen LogP contribution is 2.04. The molecule has 0 N–H and O–H groups in total. The van der Waals surface area contributed by atoms with E-state index in [-0.39, 0.29) is 0 Å². The zero-order chi connectivity index (χ0) is 7.65. The minimum atomic E-state index is -1.54. The number of rotatable bonds is 1. The Morgan fingerprint density at radius 2 is 1.56 bits per heavy atom. The molecule has 0 aromatic rings. The number of hydrogen-bond donors (Lipinski definition) is 0. The normalized spacial score (nSPS) is 11.2. The maximum absolute atomic E-state index is 11.2. The van der Waals surface area contributed by atoms with Gasteiger partial charge in [-0.3, -0.25) is 4.79 Å². The van der Waals surface area contributed by atoms with Gasteiger partial charge in [0.2, 0.25) is 0 Å². The second kappa shape index (κ2) is 2.52. The molecular weight excluding hydrogens is 130 g/mol. The summed E-state index contributed by atoms with van der Waals surface area (Å²) in [6, 6.07) is 0. The highest BCUT2D eigenvalue weighted by atomic mass is 28.3. The van der Waals surface area contributed by atoms with Gasteiger partial charge >= 0.3 is 0 Å². The quantitative estimate of drug-likeness (QED) is 0.513. The molecule has 0 spiro atoms. The maximum atomic E-state index is 11.2. The summed E-state index contributed by atoms with van der Waals surface area (Å²) in [6.45, 7) is 6.15. The van der Waals surface area contributed by atoms with Gasteiger partial charge in [0, 0.05) is 14.1 Å². The van der Waals surface area contributed by atoms with E-state index < -0.39 is 8.07 Å². The zero-order valence-electron chi connectivity index (χ0n) is 6.86. The molecule has 0 aromatic carbocycles. The average molecular weight is 145 g/mol. The molecule has 1 amide bonds. The fourth-order valence-electron chi connectivity index (χ4n) is 0.671. The van der Waals surface area contributed by atoms with Crippen molar-refractivity contribution >= 4 is 13.6 Å². The Labute approximate surface area is 57.9 Å². The minimum absolute atomic E-state index is 0.308. The van der Waals surface area contributed by atoms with Crippen LogP contribution in [-0.4, -0.2) is 32.6 Å². The Morgan fingerprint density at radius 1 is 1.22 bits per heavy atom. The summed E-state index contributed by atoms with van der Waals surface area (Å²) in [4.78, 5) is 12.8. The Morgan fingerprint density at radius 3 is 1.56 bits per heavy atom. The van der Waals surface area contributed by atoms with Crippen LogP contribution < -0.4 is 0 Å². The van der Waals surface area contributed by atoms with E-state index in [9.17, 15) is 4.79 Å². The van der Waals surface area contributed by atoms with Crippen molar-refractivity contribution in [3.8, 4) is 0 Å². The van der Waals surface area contributed by atoms with Crippen LogP contribution in [-0.2, 0) is 0 Å². The van der Waals surface area contributed by atoms with E-state index in [1.807, 2.05) is 0 Å². The van der Waals surface area contributed by atoms with Gasteiger partial charge in [0.25, 0.3) is 0 Å². The van der Waals surface area contributed by atoms with Crippen molar-refractivity contribution in [1.29, 1.82) is 0 Å². The molecule has 0 radical (unpaired) electrons. The molecule has 0 heterocycles. The number of carbonyl (C=O) groups is 1. The summed E-state index contributed by atoms with van der Waals surface area (Å²) in [6.07, 6.45) is 0. The largest absolute Gasteiger partial charge is 0.353 e. The molecule has 0 aromatic heterocycles. The third kappa shape index (κ3) is 2.65. The monoisotopic (exact) mass is 145 g/mol. The number of hydrogen-bond acceptors (Lipinski definition) is 1. The molecule has 3 heteroatoms. The smallest absolute Gasteiger partial charge is 0.193 e. The van der Waals surface area contributed by atoms with Crippen molar-refractivity contribution < 1.29 is 4.79 Å². The Hall–Kier alpha value is -0.313. The van der Waals surface area contributed by atoms with Crippen LogP contribution in [0, 0.1) is 0 Å². The summed E-state index contributed by atoms with van der Waals surface area (Å²) in [7, 11) is 2.08. The lowest BCUT2D eigenvalue weighted by molar-refractivity contribution is 0.238. The summed E-state index contributed by atoms with van der Waals surface area (Å²) in [5.74, 6) is 0. The van der Waals surface area contributed by atoms with Gasteiger partial charge in [-0.05, 0) is 0 Å². The first kappa shape index (κ1) is 8.69. The van der Waals surface area contributed by atoms with Gasteiger partial charge in [0.15, 0.2) is 13.6 Å². The van der Waals surface area contributed by atoms with Gasteiger partial charge in [0.1, 0.15) is 0 Å². The molecule has 0 saturated carbocycles. The van der Waals surface area contributed by atoms with E-state index in [1.165, 1.54) is 0 Å². The number of carbonyl (C=O) groups excluding carboxylic acids is 1. The number of amides is 1. The first-order valence-electron chi connectivity index (χ1n) is 3.07. The van der Waals surface area contributed by atoms with E-state index in [0.29, 0.717) is 5.53 Å². The zero-order valence-corrected chi connectivity index (χ0v) is 7.86. The molecule has 0 unspecified atom stereocenters. The van der Waals surface area contributed by atoms with Crippen LogP contribution in [0.3, 0.4) is 0 Å². The number of nitrogens with zero attached hydrogens (tertiary/aromatic N) is 1. The van der Waals surface area contributed by atoms with Crippen LogP contribution in [0.4, 0.5) is 4.79 Å². The SMILES string of the molecule is CN(C)C(=O)[Si](C)(C)C. The minimum Gasteiger partial charge on any atom is -0.353 e. The fraction of sp³-hybridized carbons (Fsp3) is 0.833. The Bertz CT molecular complexity index is 115. The van der Waals surface area contributed by atoms with Crippen LogP contribution >= 0.6 is 0 Å². The molecule has 0 rings (SSSR count). The first-order chi connectivity index (χ1) is 3.85. The van der Waals surface area contributed by atoms with Gasteiger partial charge in [-0.1, -0.05) is 19.6 Å². The summed E-state index contributed by atoms with van der Waals surface area (Å²) >= 11 is 0. The molecule has 0 saturated heterocycles. The van der Waals surface area contributed by atoms with E-state index in [4.69, 9.17) is 0 Å². The molecule has 9 heavy (non-hydrogen) atoms. The molecule has 0 aliphatic heterocycles. The molecule has 0 aliphatic carbocycles. The van der Waals surface area contributed by atoms with Crippen LogP contribution in [0.2, 0.25) is 19.6 Å². The van der Waals surface area contributed by atoms with E-state index in [0.717, 1.165) is 0 Å². The Balaban J connectivity index is 4.06. The molecule has 0 atom stereocenters. The summed E-state index contributed by atoms with van der Waals surface area (Å²) in [5, 5.41) is 0. The highest BCUT2D eigenvalue weighted by Gasteiger charge is 2.25. The molecule has 54 valence electrons. The molecule has 2 nitrogen and oxygen atoms in total. The predicted molar refractivity (Wildman–Crippen MR) is 42.4 cm³/mol. The first-order valence-corrected chi connectivity index (χ1v) is 6.57. The van der Waals surface area contributed by atoms with Gasteiger partial charge in [0.05, 0.1) is 0 Å². The standard InChI is InChI=1S/C6H15NOSi/c1-7(2)6(8)9(3,4)5/h1-5H3. The van der Waals surface area contributed by atoms with Crippen molar-refractivity contribution in [2.75, 3.05) is 14.1 Å². The fourth-order valence-corrected chi connectivity index (χ4v) is 2.01. The lowest BCUT2D eigenvalue weighted by atomic mass is 11.0. The van der Waals surface area contributed by atoms with Crippen LogP contribution in [0.5, 0.6) is 0 Å². The van der Waals surface area contributed by atoms with Crippen molar-refractivity contribution in [1.82, 2.24) is 4.90 Å². The van der Waals surface area contributed by atoms with Gasteiger partial charge in [-0.25, -0.2) is 0 Å². The Kier molecular flexibility index (Phi) is 2.43. The molecular formula is C6H15NOSi. The second-order valence-electron chi connectivity index (χ2n) is 3.45. The van der Waals surface area contributed by atoms with Crippen LogP contribution in [0.1, 0.15) is 0 Å². The van der Waals surface area contributed by atoms with Crippen LogP contribution in [0.15, 0.2) is 0 Å². The second-order valence-corrected chi connectivity index (χ2v) is 8.38. The van der Waals surface area contributed by atoms with Gasteiger partial charge in [-0.2, -0.15) is 0 Å². The third-order valence-corrected chi connectivity index (χ3v) is 2.78. The predicted octanol–water partition coefficient (Wildman–Crippen LogP) is 1.59. The maximum Gasteiger partial charge on any atom is 0.193 e. The van der Waals surface area contributed by atoms with Gasteiger partial charge < -0.3 is 4.90 Å². The molecule has 0 aliphatic rings. The van der Waals surface area contributed by atoms with Crippen molar-refractivity contribution in [2.45, 2.75) is 19.6 Å². The van der Waals surface area contributed by atoms with E-state index in [2.05, 4.69) is 19.6 Å². The topological polar surface area (TPSA) is 20.3 Å². The lowest BCUT2D eigenvalue weighted by Crippen LogP contribution is -2.41. The van der Waals surface area contributed by atoms with E-state index >= 15 is 0 Å². The third-order valence-electron chi connectivity index (χ3n) is 1.05. The lowest BCUT2D eigenvalue weighted by Gasteiger charge is -2.20. The summed E-state index contributed by atoms with van der Waals surface area (Å²) in [5.41, 5.74) is 0.308. The highest BCUT2D eigenvalue weighted by molar-refractivity contribution is 7.03. The van der Waals surface area contributed by atoms with Crippen molar-refractivity contribution in [3.63, 3.8) is 0 Å². The van der Waals surface area contributed by atoms with Crippen molar-refractivity contribution in [3.05, 3.63) is 0 Å². The van der Waals surface area contributed by atoms with Gasteiger partial charge in [-0.15, -0.1) is 0 Å². The molecule has 0 bridgehead atoms. The van der Waals surface area contributed by atoms with Crippen molar-refractivity contribution in [2.24, 2.45) is 0 Å².